The quantitative estimate of drug-likeness (QED) is 0.429. The Labute approximate surface area is 166 Å². The van der Waals surface area contributed by atoms with Gasteiger partial charge >= 0.3 is 0 Å². The summed E-state index contributed by atoms with van der Waals surface area (Å²) in [5, 5.41) is 0.955. The maximum absolute atomic E-state index is 13.0. The summed E-state index contributed by atoms with van der Waals surface area (Å²) in [5.74, 6) is 0.0433. The number of hydrogen-bond acceptors (Lipinski definition) is 4. The Hall–Kier alpha value is -3.37. The van der Waals surface area contributed by atoms with Gasteiger partial charge < -0.3 is 9.15 Å². The third-order valence-electron chi connectivity index (χ3n) is 4.31. The number of halogens is 1. The van der Waals surface area contributed by atoms with Crippen molar-refractivity contribution in [2.75, 3.05) is 6.61 Å². The molecule has 4 nitrogen and oxygen atoms in total. The average Bonchev–Trinajstić information content (AvgIpc) is 2.74. The summed E-state index contributed by atoms with van der Waals surface area (Å²) in [6, 6.07) is 22.6. The van der Waals surface area contributed by atoms with Crippen LogP contribution in [-0.4, -0.2) is 12.4 Å². The second kappa shape index (κ2) is 7.71. The van der Waals surface area contributed by atoms with Gasteiger partial charge in [-0.05, 0) is 36.4 Å². The van der Waals surface area contributed by atoms with Crippen molar-refractivity contribution < 1.29 is 13.9 Å². The van der Waals surface area contributed by atoms with Gasteiger partial charge in [-0.3, -0.25) is 9.59 Å². The van der Waals surface area contributed by atoms with Crippen molar-refractivity contribution in [2.24, 2.45) is 0 Å². The van der Waals surface area contributed by atoms with Crippen LogP contribution in [0.1, 0.15) is 10.4 Å². The lowest BCUT2D eigenvalue weighted by Gasteiger charge is -2.11. The Morgan fingerprint density at radius 1 is 0.893 bits per heavy atom. The summed E-state index contributed by atoms with van der Waals surface area (Å²) >= 11 is 5.97. The van der Waals surface area contributed by atoms with Gasteiger partial charge in [0.25, 0.3) is 0 Å². The van der Waals surface area contributed by atoms with E-state index in [9.17, 15) is 9.59 Å². The molecule has 0 saturated carbocycles. The number of para-hydroxylation sites is 1. The minimum Gasteiger partial charge on any atom is -0.478 e. The van der Waals surface area contributed by atoms with Crippen LogP contribution in [0.25, 0.3) is 22.3 Å². The summed E-state index contributed by atoms with van der Waals surface area (Å²) in [5.41, 5.74) is 1.27. The Balaban J connectivity index is 1.78. The highest BCUT2D eigenvalue weighted by atomic mass is 35.5. The second-order valence-corrected chi connectivity index (χ2v) is 6.61. The van der Waals surface area contributed by atoms with E-state index in [1.807, 2.05) is 6.07 Å². The Morgan fingerprint density at radius 2 is 1.57 bits per heavy atom. The van der Waals surface area contributed by atoms with Crippen molar-refractivity contribution in [3.05, 3.63) is 99.7 Å². The molecule has 0 N–H and O–H groups in total. The molecule has 0 amide bonds. The average molecular weight is 391 g/mol. The van der Waals surface area contributed by atoms with E-state index in [0.29, 0.717) is 27.1 Å². The first kappa shape index (κ1) is 18.0. The molecular formula is C23H15ClO4. The van der Waals surface area contributed by atoms with Crippen LogP contribution >= 0.6 is 11.6 Å². The number of carbonyl (C=O) groups is 1. The third kappa shape index (κ3) is 3.55. The van der Waals surface area contributed by atoms with Crippen molar-refractivity contribution in [1.29, 1.82) is 0 Å². The van der Waals surface area contributed by atoms with Crippen molar-refractivity contribution in [3.63, 3.8) is 0 Å². The fraction of sp³-hybridized carbons (Fsp3) is 0.0435. The molecule has 0 aliphatic rings. The van der Waals surface area contributed by atoms with E-state index in [4.69, 9.17) is 20.8 Å². The maximum atomic E-state index is 13.0. The van der Waals surface area contributed by atoms with Crippen molar-refractivity contribution in [3.8, 4) is 17.1 Å². The SMILES string of the molecule is O=C(COc1c(-c2ccc(Cl)cc2)oc2ccccc2c1=O)c1ccccc1. The zero-order valence-electron chi connectivity index (χ0n) is 14.7. The molecule has 5 heteroatoms. The summed E-state index contributed by atoms with van der Waals surface area (Å²) < 4.78 is 11.6. The van der Waals surface area contributed by atoms with E-state index in [0.717, 1.165) is 0 Å². The standard InChI is InChI=1S/C23H15ClO4/c24-17-12-10-16(11-13-17)22-23(21(26)18-8-4-5-9-20(18)28-22)27-14-19(25)15-6-2-1-3-7-15/h1-13H,14H2. The summed E-state index contributed by atoms with van der Waals surface area (Å²) in [6.45, 7) is -0.270. The van der Waals surface area contributed by atoms with E-state index in [2.05, 4.69) is 0 Å². The van der Waals surface area contributed by atoms with Crippen LogP contribution in [-0.2, 0) is 0 Å². The molecule has 0 aliphatic heterocycles. The first-order valence-electron chi connectivity index (χ1n) is 8.66. The van der Waals surface area contributed by atoms with Crippen molar-refractivity contribution in [1.82, 2.24) is 0 Å². The number of fused-ring (bicyclic) bond motifs is 1. The molecule has 0 aliphatic carbocycles. The largest absolute Gasteiger partial charge is 0.478 e. The van der Waals surface area contributed by atoms with E-state index in [1.165, 1.54) is 0 Å². The predicted octanol–water partition coefficient (Wildman–Crippen LogP) is 5.38. The summed E-state index contributed by atoms with van der Waals surface area (Å²) in [4.78, 5) is 25.4. The molecule has 0 atom stereocenters. The van der Waals surface area contributed by atoms with Crippen molar-refractivity contribution in [2.45, 2.75) is 0 Å². The molecule has 4 aromatic rings. The number of hydrogen-bond donors (Lipinski definition) is 0. The van der Waals surface area contributed by atoms with Crippen LogP contribution in [0.2, 0.25) is 5.02 Å². The Kier molecular flexibility index (Phi) is 4.96. The Morgan fingerprint density at radius 3 is 2.32 bits per heavy atom. The van der Waals surface area contributed by atoms with Gasteiger partial charge in [0.1, 0.15) is 5.58 Å². The smallest absolute Gasteiger partial charge is 0.235 e. The van der Waals surface area contributed by atoms with Gasteiger partial charge in [-0.25, -0.2) is 0 Å². The van der Waals surface area contributed by atoms with Gasteiger partial charge in [0.2, 0.25) is 11.2 Å². The molecule has 1 heterocycles. The van der Waals surface area contributed by atoms with Crippen LogP contribution in [0.15, 0.2) is 88.1 Å². The lowest BCUT2D eigenvalue weighted by atomic mass is 10.1. The molecule has 0 bridgehead atoms. The fourth-order valence-corrected chi connectivity index (χ4v) is 3.02. The molecule has 4 rings (SSSR count). The number of Topliss-reactive ketones (excluding diaryl/α,β-unsaturated/α-hetero) is 1. The molecule has 0 saturated heterocycles. The lowest BCUT2D eigenvalue weighted by molar-refractivity contribution is 0.0920. The highest BCUT2D eigenvalue weighted by Gasteiger charge is 2.19. The zero-order chi connectivity index (χ0) is 19.5. The molecule has 3 aromatic carbocycles. The van der Waals surface area contributed by atoms with E-state index >= 15 is 0 Å². The predicted molar refractivity (Wildman–Crippen MR) is 109 cm³/mol. The van der Waals surface area contributed by atoms with Gasteiger partial charge in [0.05, 0.1) is 5.39 Å². The summed E-state index contributed by atoms with van der Waals surface area (Å²) in [6.07, 6.45) is 0. The number of carbonyl (C=O) groups excluding carboxylic acids is 1. The monoisotopic (exact) mass is 390 g/mol. The second-order valence-electron chi connectivity index (χ2n) is 6.17. The Bertz CT molecular complexity index is 1190. The van der Waals surface area contributed by atoms with Crippen LogP contribution in [0, 0.1) is 0 Å². The van der Waals surface area contributed by atoms with Crippen LogP contribution < -0.4 is 10.2 Å². The number of benzene rings is 3. The third-order valence-corrected chi connectivity index (χ3v) is 4.56. The molecule has 1 aromatic heterocycles. The molecule has 138 valence electrons. The topological polar surface area (TPSA) is 56.5 Å². The van der Waals surface area contributed by atoms with Gasteiger partial charge in [-0.15, -0.1) is 0 Å². The lowest BCUT2D eigenvalue weighted by Crippen LogP contribution is -2.17. The zero-order valence-corrected chi connectivity index (χ0v) is 15.5. The highest BCUT2D eigenvalue weighted by Crippen LogP contribution is 2.31. The summed E-state index contributed by atoms with van der Waals surface area (Å²) in [7, 11) is 0. The fourth-order valence-electron chi connectivity index (χ4n) is 2.89. The van der Waals surface area contributed by atoms with Gasteiger partial charge in [-0.1, -0.05) is 54.1 Å². The molecule has 0 radical (unpaired) electrons. The van der Waals surface area contributed by atoms with Crippen LogP contribution in [0.5, 0.6) is 5.75 Å². The molecule has 0 unspecified atom stereocenters. The number of ether oxygens (including phenoxy) is 1. The van der Waals surface area contributed by atoms with E-state index < -0.39 is 0 Å². The van der Waals surface area contributed by atoms with Crippen LogP contribution in [0.4, 0.5) is 0 Å². The first-order chi connectivity index (χ1) is 13.6. The van der Waals surface area contributed by atoms with Gasteiger partial charge in [-0.2, -0.15) is 0 Å². The normalized spacial score (nSPS) is 10.8. The minimum atomic E-state index is -0.326. The highest BCUT2D eigenvalue weighted by molar-refractivity contribution is 6.30. The molecule has 28 heavy (non-hydrogen) atoms. The maximum Gasteiger partial charge on any atom is 0.235 e. The minimum absolute atomic E-state index is 0.00491. The number of rotatable bonds is 5. The molecule has 0 spiro atoms. The van der Waals surface area contributed by atoms with E-state index in [1.54, 1.807) is 72.8 Å². The van der Waals surface area contributed by atoms with Gasteiger partial charge in [0, 0.05) is 16.1 Å². The van der Waals surface area contributed by atoms with Crippen molar-refractivity contribution >= 4 is 28.4 Å². The number of ketones is 1. The molecule has 0 fully saturated rings. The van der Waals surface area contributed by atoms with E-state index in [-0.39, 0.29) is 29.3 Å². The first-order valence-corrected chi connectivity index (χ1v) is 9.04. The molecular weight excluding hydrogens is 376 g/mol. The van der Waals surface area contributed by atoms with Crippen LogP contribution in [0.3, 0.4) is 0 Å². The van der Waals surface area contributed by atoms with Gasteiger partial charge in [0.15, 0.2) is 18.2 Å².